The van der Waals surface area contributed by atoms with Crippen LogP contribution < -0.4 is 5.73 Å². The van der Waals surface area contributed by atoms with Crippen molar-refractivity contribution in [3.8, 4) is 0 Å². The van der Waals surface area contributed by atoms with Gasteiger partial charge in [0.15, 0.2) is 0 Å². The lowest BCUT2D eigenvalue weighted by Gasteiger charge is -2.05. The predicted molar refractivity (Wildman–Crippen MR) is 29.0 cm³/mol. The molecule has 0 aliphatic heterocycles. The minimum absolute atomic E-state index is 0.641. The minimum atomic E-state index is -4.62. The van der Waals surface area contributed by atoms with E-state index in [1.165, 1.54) is 0 Å². The van der Waals surface area contributed by atoms with Crippen LogP contribution in [0.15, 0.2) is 11.6 Å². The Kier molecular flexibility index (Phi) is 2.45. The third-order valence-electron chi connectivity index (χ3n) is 0.860. The summed E-state index contributed by atoms with van der Waals surface area (Å²) in [5.74, 6) is -1.45. The van der Waals surface area contributed by atoms with E-state index in [0.717, 1.165) is 6.92 Å². The number of amides is 1. The average molecular weight is 153 g/mol. The minimum Gasteiger partial charge on any atom is -0.366 e. The first-order valence-corrected chi connectivity index (χ1v) is 2.43. The quantitative estimate of drug-likeness (QED) is 0.560. The van der Waals surface area contributed by atoms with Crippen molar-refractivity contribution in [1.82, 2.24) is 0 Å². The lowest BCUT2D eigenvalue weighted by Crippen LogP contribution is -2.25. The molecule has 2 N–H and O–H groups in total. The van der Waals surface area contributed by atoms with Crippen LogP contribution in [0.1, 0.15) is 6.92 Å². The smallest absolute Gasteiger partial charge is 0.366 e. The number of alkyl halides is 3. The number of hydrogen-bond donors (Lipinski definition) is 1. The van der Waals surface area contributed by atoms with Crippen molar-refractivity contribution in [2.75, 3.05) is 0 Å². The molecule has 5 heteroatoms. The standard InChI is InChI=1S/C5H6F3NO/c1-2-3(4(9)10)5(6,7)8/h2H,1H3,(H2,9,10). The number of rotatable bonds is 1. The highest BCUT2D eigenvalue weighted by molar-refractivity contribution is 5.93. The molecule has 58 valence electrons. The summed E-state index contributed by atoms with van der Waals surface area (Å²) in [6.07, 6.45) is -3.98. The van der Waals surface area contributed by atoms with Gasteiger partial charge in [-0.1, -0.05) is 6.08 Å². The lowest BCUT2D eigenvalue weighted by atomic mass is 10.2. The summed E-state index contributed by atoms with van der Waals surface area (Å²) in [7, 11) is 0. The number of hydrogen-bond acceptors (Lipinski definition) is 1. The van der Waals surface area contributed by atoms with E-state index >= 15 is 0 Å². The van der Waals surface area contributed by atoms with E-state index in [0.29, 0.717) is 6.08 Å². The highest BCUT2D eigenvalue weighted by atomic mass is 19.4. The normalized spacial score (nSPS) is 13.4. The number of nitrogens with two attached hydrogens (primary N) is 1. The summed E-state index contributed by atoms with van der Waals surface area (Å²) in [4.78, 5) is 10.0. The SMILES string of the molecule is CC=C(C(N)=O)C(F)(F)F. The maximum absolute atomic E-state index is 11.6. The van der Waals surface area contributed by atoms with Gasteiger partial charge < -0.3 is 5.73 Å². The van der Waals surface area contributed by atoms with Crippen LogP contribution in [0, 0.1) is 0 Å². The number of allylic oxidation sites excluding steroid dienone is 1. The summed E-state index contributed by atoms with van der Waals surface area (Å²) >= 11 is 0. The topological polar surface area (TPSA) is 43.1 Å². The fourth-order valence-corrected chi connectivity index (χ4v) is 0.446. The maximum Gasteiger partial charge on any atom is 0.421 e. The molecule has 0 bridgehead atoms. The molecule has 0 fully saturated rings. The van der Waals surface area contributed by atoms with Crippen LogP contribution >= 0.6 is 0 Å². The lowest BCUT2D eigenvalue weighted by molar-refractivity contribution is -0.128. The number of carbonyl (C=O) groups is 1. The van der Waals surface area contributed by atoms with Crippen LogP contribution in [0.25, 0.3) is 0 Å². The van der Waals surface area contributed by atoms with Crippen LogP contribution in [0.2, 0.25) is 0 Å². The molecule has 0 aliphatic carbocycles. The molecule has 0 aliphatic rings. The van der Waals surface area contributed by atoms with Crippen molar-refractivity contribution in [1.29, 1.82) is 0 Å². The number of carbonyl (C=O) groups excluding carboxylic acids is 1. The molecular weight excluding hydrogens is 147 g/mol. The van der Waals surface area contributed by atoms with E-state index in [-0.39, 0.29) is 0 Å². The third kappa shape index (κ3) is 2.08. The Labute approximate surface area is 55.5 Å². The molecule has 0 rings (SSSR count). The Hall–Kier alpha value is -1.00. The molecule has 0 radical (unpaired) electrons. The van der Waals surface area contributed by atoms with E-state index in [2.05, 4.69) is 5.73 Å². The molecule has 0 aromatic heterocycles. The van der Waals surface area contributed by atoms with Crippen molar-refractivity contribution in [2.24, 2.45) is 5.73 Å². The van der Waals surface area contributed by atoms with Gasteiger partial charge in [-0.2, -0.15) is 13.2 Å². The van der Waals surface area contributed by atoms with Gasteiger partial charge in [0.25, 0.3) is 5.91 Å². The first kappa shape index (κ1) is 9.00. The average Bonchev–Trinajstić information content (AvgIpc) is 1.60. The van der Waals surface area contributed by atoms with Crippen LogP contribution in [-0.2, 0) is 4.79 Å². The Morgan fingerprint density at radius 3 is 1.90 bits per heavy atom. The Bertz CT molecular complexity index is 170. The van der Waals surface area contributed by atoms with Gasteiger partial charge in [0.1, 0.15) is 5.57 Å². The molecule has 0 spiro atoms. The highest BCUT2D eigenvalue weighted by Gasteiger charge is 2.36. The fourth-order valence-electron chi connectivity index (χ4n) is 0.446. The molecule has 0 aromatic carbocycles. The molecule has 10 heavy (non-hydrogen) atoms. The van der Waals surface area contributed by atoms with Gasteiger partial charge in [0.05, 0.1) is 0 Å². The second-order valence-electron chi connectivity index (χ2n) is 1.56. The van der Waals surface area contributed by atoms with Crippen LogP contribution in [0.3, 0.4) is 0 Å². The second kappa shape index (κ2) is 2.72. The number of halogens is 3. The number of primary amides is 1. The van der Waals surface area contributed by atoms with Gasteiger partial charge >= 0.3 is 6.18 Å². The predicted octanol–water partition coefficient (Wildman–Crippen LogP) is 0.980. The highest BCUT2D eigenvalue weighted by Crippen LogP contribution is 2.24. The zero-order valence-corrected chi connectivity index (χ0v) is 5.20. The second-order valence-corrected chi connectivity index (χ2v) is 1.56. The molecule has 0 saturated carbocycles. The van der Waals surface area contributed by atoms with Crippen LogP contribution in [-0.4, -0.2) is 12.1 Å². The van der Waals surface area contributed by atoms with E-state index < -0.39 is 17.7 Å². The Morgan fingerprint density at radius 2 is 1.90 bits per heavy atom. The van der Waals surface area contributed by atoms with Crippen molar-refractivity contribution < 1.29 is 18.0 Å². The molecule has 0 unspecified atom stereocenters. The monoisotopic (exact) mass is 153 g/mol. The maximum atomic E-state index is 11.6. The third-order valence-corrected chi connectivity index (χ3v) is 0.860. The molecule has 2 nitrogen and oxygen atoms in total. The van der Waals surface area contributed by atoms with Gasteiger partial charge in [-0.15, -0.1) is 0 Å². The molecule has 0 atom stereocenters. The zero-order chi connectivity index (χ0) is 8.36. The van der Waals surface area contributed by atoms with Crippen molar-refractivity contribution in [2.45, 2.75) is 13.1 Å². The molecule has 0 heterocycles. The van der Waals surface area contributed by atoms with E-state index in [1.54, 1.807) is 0 Å². The van der Waals surface area contributed by atoms with Gasteiger partial charge in [0.2, 0.25) is 0 Å². The van der Waals surface area contributed by atoms with Crippen LogP contribution in [0.5, 0.6) is 0 Å². The Morgan fingerprint density at radius 1 is 1.50 bits per heavy atom. The molecular formula is C5H6F3NO. The summed E-state index contributed by atoms with van der Waals surface area (Å²) in [6.45, 7) is 1.10. The fraction of sp³-hybridized carbons (Fsp3) is 0.400. The van der Waals surface area contributed by atoms with Gasteiger partial charge in [0, 0.05) is 0 Å². The summed E-state index contributed by atoms with van der Waals surface area (Å²) in [5.41, 5.74) is 3.09. The molecule has 0 aromatic rings. The molecule has 1 amide bonds. The van der Waals surface area contributed by atoms with Crippen molar-refractivity contribution >= 4 is 5.91 Å². The molecule has 0 saturated heterocycles. The van der Waals surface area contributed by atoms with Crippen LogP contribution in [0.4, 0.5) is 13.2 Å². The van der Waals surface area contributed by atoms with Gasteiger partial charge in [-0.3, -0.25) is 4.79 Å². The van der Waals surface area contributed by atoms with Gasteiger partial charge in [-0.25, -0.2) is 0 Å². The zero-order valence-electron chi connectivity index (χ0n) is 5.20. The summed E-state index contributed by atoms with van der Waals surface area (Å²) < 4.78 is 34.8. The Balaban J connectivity index is 4.56. The first-order chi connectivity index (χ1) is 4.39. The largest absolute Gasteiger partial charge is 0.421 e. The first-order valence-electron chi connectivity index (χ1n) is 2.43. The van der Waals surface area contributed by atoms with Crippen molar-refractivity contribution in [3.63, 3.8) is 0 Å². The van der Waals surface area contributed by atoms with Gasteiger partial charge in [-0.05, 0) is 6.92 Å². The van der Waals surface area contributed by atoms with E-state index in [4.69, 9.17) is 0 Å². The van der Waals surface area contributed by atoms with Crippen molar-refractivity contribution in [3.05, 3.63) is 11.6 Å². The summed E-state index contributed by atoms with van der Waals surface area (Å²) in [5, 5.41) is 0. The summed E-state index contributed by atoms with van der Waals surface area (Å²) in [6, 6.07) is 0. The van der Waals surface area contributed by atoms with E-state index in [9.17, 15) is 18.0 Å². The van der Waals surface area contributed by atoms with E-state index in [1.807, 2.05) is 0 Å².